The zero-order valence-corrected chi connectivity index (χ0v) is 9.78. The molecule has 0 amide bonds. The van der Waals surface area contributed by atoms with Crippen LogP contribution < -0.4 is 5.32 Å². The van der Waals surface area contributed by atoms with Gasteiger partial charge >= 0.3 is 0 Å². The van der Waals surface area contributed by atoms with E-state index in [1.165, 1.54) is 0 Å². The monoisotopic (exact) mass is 262 g/mol. The van der Waals surface area contributed by atoms with Crippen molar-refractivity contribution in [2.75, 3.05) is 32.7 Å². The summed E-state index contributed by atoms with van der Waals surface area (Å²) in [6, 6.07) is 0.235. The van der Waals surface area contributed by atoms with Crippen LogP contribution in [0.25, 0.3) is 0 Å². The Morgan fingerprint density at radius 3 is 2.11 bits per heavy atom. The maximum absolute atomic E-state index is 13.4. The second-order valence-electron chi connectivity index (χ2n) is 4.29. The minimum absolute atomic E-state index is 0.0354. The van der Waals surface area contributed by atoms with Gasteiger partial charge in [0.2, 0.25) is 0 Å². The minimum atomic E-state index is -1.34. The van der Waals surface area contributed by atoms with E-state index in [1.807, 2.05) is 4.90 Å². The van der Waals surface area contributed by atoms with E-state index in [2.05, 4.69) is 5.32 Å². The summed E-state index contributed by atoms with van der Waals surface area (Å²) in [5.74, 6) is -5.26. The molecule has 1 aromatic carbocycles. The highest BCUT2D eigenvalue weighted by atomic mass is 19.2. The van der Waals surface area contributed by atoms with E-state index in [0.717, 1.165) is 26.2 Å². The number of hydrogen-bond acceptors (Lipinski definition) is 2. The smallest absolute Gasteiger partial charge is 0.165 e. The van der Waals surface area contributed by atoms with Crippen molar-refractivity contribution in [2.24, 2.45) is 0 Å². The normalized spacial score (nSPS) is 17.1. The molecule has 2 nitrogen and oxygen atoms in total. The van der Waals surface area contributed by atoms with Gasteiger partial charge in [0.05, 0.1) is 0 Å². The third-order valence-corrected chi connectivity index (χ3v) is 3.09. The summed E-state index contributed by atoms with van der Waals surface area (Å²) in [6.45, 7) is 3.53. The quantitative estimate of drug-likeness (QED) is 0.658. The maximum atomic E-state index is 13.4. The van der Waals surface area contributed by atoms with Crippen molar-refractivity contribution in [3.8, 4) is 0 Å². The topological polar surface area (TPSA) is 15.3 Å². The molecule has 0 radical (unpaired) electrons. The Morgan fingerprint density at radius 1 is 1.00 bits per heavy atom. The van der Waals surface area contributed by atoms with E-state index >= 15 is 0 Å². The molecule has 0 atom stereocenters. The lowest BCUT2D eigenvalue weighted by molar-refractivity contribution is 0.241. The van der Waals surface area contributed by atoms with Crippen LogP contribution in [0.1, 0.15) is 5.56 Å². The molecule has 0 aromatic heterocycles. The van der Waals surface area contributed by atoms with Crippen LogP contribution in [0.15, 0.2) is 6.07 Å². The lowest BCUT2D eigenvalue weighted by Gasteiger charge is -2.27. The van der Waals surface area contributed by atoms with E-state index in [9.17, 15) is 17.6 Å². The van der Waals surface area contributed by atoms with Gasteiger partial charge in [-0.1, -0.05) is 0 Å². The minimum Gasteiger partial charge on any atom is -0.314 e. The van der Waals surface area contributed by atoms with E-state index in [-0.39, 0.29) is 12.5 Å². The van der Waals surface area contributed by atoms with Crippen LogP contribution in [0, 0.1) is 23.3 Å². The highest BCUT2D eigenvalue weighted by molar-refractivity contribution is 5.23. The van der Waals surface area contributed by atoms with Gasteiger partial charge in [-0.2, -0.15) is 0 Å². The van der Waals surface area contributed by atoms with Gasteiger partial charge in [0.15, 0.2) is 23.3 Å². The van der Waals surface area contributed by atoms with Crippen molar-refractivity contribution in [2.45, 2.75) is 6.42 Å². The first-order valence-corrected chi connectivity index (χ1v) is 5.84. The molecule has 6 heteroatoms. The van der Waals surface area contributed by atoms with Gasteiger partial charge in [0, 0.05) is 44.4 Å². The molecule has 1 aliphatic rings. The van der Waals surface area contributed by atoms with Gasteiger partial charge < -0.3 is 10.2 Å². The molecule has 0 spiro atoms. The van der Waals surface area contributed by atoms with Crippen LogP contribution >= 0.6 is 0 Å². The molecule has 0 saturated carbocycles. The Hall–Kier alpha value is -1.14. The second kappa shape index (κ2) is 5.67. The molecule has 2 rings (SSSR count). The number of hydrogen-bond donors (Lipinski definition) is 1. The lowest BCUT2D eigenvalue weighted by Crippen LogP contribution is -2.44. The first-order chi connectivity index (χ1) is 8.59. The molecule has 0 bridgehead atoms. The fraction of sp³-hybridized carbons (Fsp3) is 0.500. The van der Waals surface area contributed by atoms with E-state index in [4.69, 9.17) is 0 Å². The van der Waals surface area contributed by atoms with Crippen molar-refractivity contribution >= 4 is 0 Å². The van der Waals surface area contributed by atoms with Crippen LogP contribution in [-0.2, 0) is 6.42 Å². The number of rotatable bonds is 3. The SMILES string of the molecule is Fc1cc(F)c(F)c(CCN2CCNCC2)c1F. The molecule has 0 unspecified atom stereocenters. The Labute approximate surface area is 103 Å². The first kappa shape index (κ1) is 13.3. The summed E-state index contributed by atoms with van der Waals surface area (Å²) < 4.78 is 52.7. The Morgan fingerprint density at radius 2 is 1.56 bits per heavy atom. The second-order valence-corrected chi connectivity index (χ2v) is 4.29. The molecule has 1 saturated heterocycles. The van der Waals surface area contributed by atoms with Crippen LogP contribution in [0.4, 0.5) is 17.6 Å². The van der Waals surface area contributed by atoms with E-state index in [1.54, 1.807) is 0 Å². The summed E-state index contributed by atoms with van der Waals surface area (Å²) in [6.07, 6.45) is -0.0354. The van der Waals surface area contributed by atoms with Crippen LogP contribution in [0.2, 0.25) is 0 Å². The fourth-order valence-corrected chi connectivity index (χ4v) is 2.05. The number of halogens is 4. The zero-order valence-electron chi connectivity index (χ0n) is 9.78. The summed E-state index contributed by atoms with van der Waals surface area (Å²) in [7, 11) is 0. The van der Waals surface area contributed by atoms with Crippen LogP contribution in [0.5, 0.6) is 0 Å². The van der Waals surface area contributed by atoms with Gasteiger partial charge in [-0.05, 0) is 6.42 Å². The van der Waals surface area contributed by atoms with Crippen molar-refractivity contribution in [1.82, 2.24) is 10.2 Å². The Bertz CT molecular complexity index is 404. The van der Waals surface area contributed by atoms with Gasteiger partial charge in [-0.15, -0.1) is 0 Å². The highest BCUT2D eigenvalue weighted by Gasteiger charge is 2.20. The summed E-state index contributed by atoms with van der Waals surface area (Å²) in [4.78, 5) is 2.00. The molecule has 1 fully saturated rings. The summed E-state index contributed by atoms with van der Waals surface area (Å²) in [5.41, 5.74) is -0.508. The predicted octanol–water partition coefficient (Wildman–Crippen LogP) is 1.69. The molecule has 0 aliphatic carbocycles. The molecule has 1 heterocycles. The van der Waals surface area contributed by atoms with Crippen LogP contribution in [-0.4, -0.2) is 37.6 Å². The predicted molar refractivity (Wildman–Crippen MR) is 59.3 cm³/mol. The highest BCUT2D eigenvalue weighted by Crippen LogP contribution is 2.20. The van der Waals surface area contributed by atoms with Crippen molar-refractivity contribution in [1.29, 1.82) is 0 Å². The third kappa shape index (κ3) is 2.81. The Kier molecular flexibility index (Phi) is 4.19. The largest absolute Gasteiger partial charge is 0.314 e. The van der Waals surface area contributed by atoms with Gasteiger partial charge in [-0.25, -0.2) is 17.6 Å². The first-order valence-electron chi connectivity index (χ1n) is 5.84. The molecular formula is C12H14F4N2. The molecular weight excluding hydrogens is 248 g/mol. The lowest BCUT2D eigenvalue weighted by atomic mass is 10.1. The molecule has 1 aliphatic heterocycles. The number of piperazine rings is 1. The summed E-state index contributed by atoms with van der Waals surface area (Å²) >= 11 is 0. The number of nitrogens with zero attached hydrogens (tertiary/aromatic N) is 1. The van der Waals surface area contributed by atoms with E-state index in [0.29, 0.717) is 6.54 Å². The van der Waals surface area contributed by atoms with Gasteiger partial charge in [-0.3, -0.25) is 0 Å². The van der Waals surface area contributed by atoms with Gasteiger partial charge in [0.25, 0.3) is 0 Å². The zero-order chi connectivity index (χ0) is 13.1. The molecule has 1 N–H and O–H groups in total. The maximum Gasteiger partial charge on any atom is 0.165 e. The number of benzene rings is 1. The fourth-order valence-electron chi connectivity index (χ4n) is 2.05. The molecule has 18 heavy (non-hydrogen) atoms. The van der Waals surface area contributed by atoms with Gasteiger partial charge in [0.1, 0.15) is 0 Å². The van der Waals surface area contributed by atoms with Crippen molar-refractivity contribution < 1.29 is 17.6 Å². The standard InChI is InChI=1S/C12H14F4N2/c13-9-7-10(14)12(16)8(11(9)15)1-4-18-5-2-17-3-6-18/h7,17H,1-6H2. The molecule has 1 aromatic rings. The molecule has 100 valence electrons. The van der Waals surface area contributed by atoms with Crippen molar-refractivity contribution in [3.63, 3.8) is 0 Å². The average molecular weight is 262 g/mol. The van der Waals surface area contributed by atoms with Crippen molar-refractivity contribution in [3.05, 3.63) is 34.9 Å². The number of nitrogens with one attached hydrogen (secondary N) is 1. The van der Waals surface area contributed by atoms with Crippen LogP contribution in [0.3, 0.4) is 0 Å². The summed E-state index contributed by atoms with van der Waals surface area (Å²) in [5, 5.41) is 3.14. The average Bonchev–Trinajstić information content (AvgIpc) is 2.38. The Balaban J connectivity index is 2.08. The third-order valence-electron chi connectivity index (χ3n) is 3.09. The van der Waals surface area contributed by atoms with E-state index < -0.39 is 28.8 Å².